The number of carbonyl (C=O) groups is 1. The fraction of sp³-hybridized carbons (Fsp3) is 0.438. The molecule has 4 nitrogen and oxygen atoms in total. The molecule has 1 N–H and O–H groups in total. The van der Waals surface area contributed by atoms with Crippen molar-refractivity contribution in [3.63, 3.8) is 0 Å². The van der Waals surface area contributed by atoms with Crippen LogP contribution in [0.2, 0.25) is 0 Å². The number of hydrogen-bond acceptors (Lipinski definition) is 2. The molecular formula is C16H18N2O2. The smallest absolute Gasteiger partial charge is 0.256 e. The van der Waals surface area contributed by atoms with E-state index in [0.717, 1.165) is 23.4 Å². The molecule has 2 fully saturated rings. The van der Waals surface area contributed by atoms with E-state index in [-0.39, 0.29) is 17.4 Å². The second-order valence-electron chi connectivity index (χ2n) is 6.12. The van der Waals surface area contributed by atoms with Crippen molar-refractivity contribution in [3.05, 3.63) is 47.7 Å². The van der Waals surface area contributed by atoms with Crippen LogP contribution in [0.3, 0.4) is 0 Å². The molecule has 0 bridgehead atoms. The monoisotopic (exact) mass is 270 g/mol. The third-order valence-corrected chi connectivity index (χ3v) is 4.98. The molecular weight excluding hydrogens is 252 g/mol. The molecule has 1 amide bonds. The molecule has 4 heteroatoms. The lowest BCUT2D eigenvalue weighted by molar-refractivity contribution is -0.113. The molecule has 2 aliphatic rings. The van der Waals surface area contributed by atoms with Gasteiger partial charge in [-0.2, -0.15) is 0 Å². The Morgan fingerprint density at radius 1 is 1.45 bits per heavy atom. The molecule has 0 radical (unpaired) electrons. The van der Waals surface area contributed by atoms with Gasteiger partial charge in [0.2, 0.25) is 0 Å². The summed E-state index contributed by atoms with van der Waals surface area (Å²) in [5.41, 5.74) is 2.05. The summed E-state index contributed by atoms with van der Waals surface area (Å²) in [6.07, 6.45) is 9.03. The van der Waals surface area contributed by atoms with E-state index >= 15 is 0 Å². The molecule has 3 heterocycles. The molecule has 2 aromatic rings. The minimum atomic E-state index is 0.114. The van der Waals surface area contributed by atoms with Gasteiger partial charge in [-0.05, 0) is 37.5 Å². The first-order valence-corrected chi connectivity index (χ1v) is 7.19. The van der Waals surface area contributed by atoms with E-state index < -0.39 is 0 Å². The lowest BCUT2D eigenvalue weighted by atomic mass is 9.57. The van der Waals surface area contributed by atoms with Crippen molar-refractivity contribution in [3.8, 4) is 0 Å². The average molecular weight is 270 g/mol. The quantitative estimate of drug-likeness (QED) is 0.910. The van der Waals surface area contributed by atoms with Crippen LogP contribution >= 0.6 is 0 Å². The Morgan fingerprint density at radius 2 is 2.30 bits per heavy atom. The van der Waals surface area contributed by atoms with Crippen molar-refractivity contribution in [1.29, 1.82) is 0 Å². The van der Waals surface area contributed by atoms with Gasteiger partial charge >= 0.3 is 0 Å². The van der Waals surface area contributed by atoms with Crippen molar-refractivity contribution in [2.75, 3.05) is 6.54 Å². The minimum absolute atomic E-state index is 0.114. The second kappa shape index (κ2) is 4.01. The van der Waals surface area contributed by atoms with Crippen molar-refractivity contribution < 1.29 is 9.21 Å². The number of carbonyl (C=O) groups excluding carboxylic acids is 1. The largest absolute Gasteiger partial charge is 0.467 e. The number of aromatic amines is 1. The maximum absolute atomic E-state index is 12.7. The fourth-order valence-corrected chi connectivity index (χ4v) is 3.72. The highest BCUT2D eigenvalue weighted by Gasteiger charge is 2.59. The minimum Gasteiger partial charge on any atom is -0.467 e. The van der Waals surface area contributed by atoms with Crippen LogP contribution in [0.5, 0.6) is 0 Å². The number of amides is 1. The number of rotatable bonds is 2. The first kappa shape index (κ1) is 11.8. The highest BCUT2D eigenvalue weighted by atomic mass is 16.3. The van der Waals surface area contributed by atoms with E-state index in [4.69, 9.17) is 4.42 Å². The van der Waals surface area contributed by atoms with Gasteiger partial charge in [-0.15, -0.1) is 0 Å². The summed E-state index contributed by atoms with van der Waals surface area (Å²) in [5.74, 6) is 1.04. The van der Waals surface area contributed by atoms with E-state index in [1.165, 1.54) is 19.3 Å². The number of nitrogens with one attached hydrogen (secondary N) is 1. The number of aromatic nitrogens is 1. The predicted molar refractivity (Wildman–Crippen MR) is 74.3 cm³/mol. The van der Waals surface area contributed by atoms with Gasteiger partial charge in [-0.1, -0.05) is 6.42 Å². The fourth-order valence-electron chi connectivity index (χ4n) is 3.72. The molecule has 1 spiro atoms. The molecule has 1 unspecified atom stereocenters. The van der Waals surface area contributed by atoms with E-state index in [2.05, 4.69) is 4.98 Å². The number of hydrogen-bond donors (Lipinski definition) is 1. The molecule has 20 heavy (non-hydrogen) atoms. The summed E-state index contributed by atoms with van der Waals surface area (Å²) >= 11 is 0. The Labute approximate surface area is 117 Å². The average Bonchev–Trinajstić information content (AvgIpc) is 2.97. The number of nitrogens with zero attached hydrogens (tertiary/aromatic N) is 1. The van der Waals surface area contributed by atoms with E-state index in [1.54, 1.807) is 12.5 Å². The molecule has 2 aromatic heterocycles. The highest BCUT2D eigenvalue weighted by molar-refractivity contribution is 5.96. The van der Waals surface area contributed by atoms with Gasteiger partial charge in [0.15, 0.2) is 0 Å². The van der Waals surface area contributed by atoms with Crippen LogP contribution in [-0.2, 0) is 0 Å². The molecule has 104 valence electrons. The Morgan fingerprint density at radius 3 is 2.85 bits per heavy atom. The van der Waals surface area contributed by atoms with E-state index in [1.807, 2.05) is 30.2 Å². The van der Waals surface area contributed by atoms with Crippen LogP contribution in [0, 0.1) is 12.3 Å². The van der Waals surface area contributed by atoms with Gasteiger partial charge in [0, 0.05) is 24.4 Å². The zero-order valence-electron chi connectivity index (χ0n) is 11.6. The highest BCUT2D eigenvalue weighted by Crippen LogP contribution is 2.60. The summed E-state index contributed by atoms with van der Waals surface area (Å²) < 4.78 is 5.59. The summed E-state index contributed by atoms with van der Waals surface area (Å²) in [5, 5.41) is 0. The zero-order chi connectivity index (χ0) is 13.7. The maximum atomic E-state index is 12.7. The molecule has 1 saturated heterocycles. The van der Waals surface area contributed by atoms with Gasteiger partial charge in [-0.3, -0.25) is 4.79 Å². The van der Waals surface area contributed by atoms with Crippen LogP contribution in [0.4, 0.5) is 0 Å². The molecule has 1 aliphatic carbocycles. The van der Waals surface area contributed by atoms with Gasteiger partial charge in [0.05, 0.1) is 17.9 Å². The normalized spacial score (nSPS) is 23.4. The Bertz CT molecular complexity index is 637. The summed E-state index contributed by atoms with van der Waals surface area (Å²) in [4.78, 5) is 17.7. The summed E-state index contributed by atoms with van der Waals surface area (Å²) in [6, 6.07) is 4.02. The van der Waals surface area contributed by atoms with Crippen molar-refractivity contribution in [2.45, 2.75) is 32.2 Å². The van der Waals surface area contributed by atoms with Crippen molar-refractivity contribution in [2.24, 2.45) is 5.41 Å². The molecule has 1 atom stereocenters. The van der Waals surface area contributed by atoms with Gasteiger partial charge in [0.25, 0.3) is 5.91 Å². The summed E-state index contributed by atoms with van der Waals surface area (Å²) in [7, 11) is 0. The van der Waals surface area contributed by atoms with Gasteiger partial charge in [-0.25, -0.2) is 0 Å². The first-order valence-electron chi connectivity index (χ1n) is 7.19. The Hall–Kier alpha value is -1.97. The van der Waals surface area contributed by atoms with E-state index in [0.29, 0.717) is 0 Å². The predicted octanol–water partition coefficient (Wildman–Crippen LogP) is 3.28. The SMILES string of the molecule is Cc1c[nH]cc1C(=O)N1CC2(CCC2)C1c1ccco1. The molecule has 4 rings (SSSR count). The molecule has 1 saturated carbocycles. The lowest BCUT2D eigenvalue weighted by Crippen LogP contribution is -2.63. The molecule has 1 aliphatic heterocycles. The Balaban J connectivity index is 1.66. The van der Waals surface area contributed by atoms with Gasteiger partial charge < -0.3 is 14.3 Å². The number of aryl methyl sites for hydroxylation is 1. The number of H-pyrrole nitrogens is 1. The van der Waals surface area contributed by atoms with Crippen molar-refractivity contribution in [1.82, 2.24) is 9.88 Å². The van der Waals surface area contributed by atoms with Gasteiger partial charge in [0.1, 0.15) is 5.76 Å². The number of furan rings is 1. The van der Waals surface area contributed by atoms with E-state index in [9.17, 15) is 4.79 Å². The topological polar surface area (TPSA) is 49.2 Å². The Kier molecular flexibility index (Phi) is 2.37. The van der Waals surface area contributed by atoms with Crippen LogP contribution in [0.25, 0.3) is 0 Å². The maximum Gasteiger partial charge on any atom is 0.256 e. The molecule has 0 aromatic carbocycles. The van der Waals surface area contributed by atoms with Crippen LogP contribution in [0.1, 0.15) is 47.0 Å². The van der Waals surface area contributed by atoms with Crippen LogP contribution < -0.4 is 0 Å². The second-order valence-corrected chi connectivity index (χ2v) is 6.12. The first-order chi connectivity index (χ1) is 9.71. The van der Waals surface area contributed by atoms with Crippen LogP contribution in [-0.4, -0.2) is 22.3 Å². The third-order valence-electron chi connectivity index (χ3n) is 4.98. The lowest BCUT2D eigenvalue weighted by Gasteiger charge is -2.61. The van der Waals surface area contributed by atoms with Crippen LogP contribution in [0.15, 0.2) is 35.2 Å². The zero-order valence-corrected chi connectivity index (χ0v) is 11.6. The number of likely N-dealkylation sites (tertiary alicyclic amines) is 1. The third kappa shape index (κ3) is 1.45. The standard InChI is InChI=1S/C16H18N2O2/c1-11-8-17-9-12(11)15(19)18-10-16(5-3-6-16)14(18)13-4-2-7-20-13/h2,4,7-9,14,17H,3,5-6,10H2,1H3. The van der Waals surface area contributed by atoms with Crippen molar-refractivity contribution >= 4 is 5.91 Å². The summed E-state index contributed by atoms with van der Waals surface area (Å²) in [6.45, 7) is 2.83.